The number of likely N-dealkylation sites (tertiary alicyclic amines) is 1. The zero-order chi connectivity index (χ0) is 13.0. The second kappa shape index (κ2) is 6.64. The molecule has 2 N–H and O–H groups in total. The summed E-state index contributed by atoms with van der Waals surface area (Å²) in [5.41, 5.74) is 6.91. The van der Waals surface area contributed by atoms with Gasteiger partial charge in [-0.25, -0.2) is 4.98 Å². The van der Waals surface area contributed by atoms with Gasteiger partial charge in [-0.15, -0.1) is 11.3 Å². The topological polar surface area (TPSA) is 42.2 Å². The minimum atomic E-state index is 0.551. The molecular weight excluding hydrogens is 242 g/mol. The van der Waals surface area contributed by atoms with E-state index in [-0.39, 0.29) is 0 Å². The molecule has 0 aromatic carbocycles. The monoisotopic (exact) mass is 267 g/mol. The van der Waals surface area contributed by atoms with E-state index in [2.05, 4.69) is 24.1 Å². The summed E-state index contributed by atoms with van der Waals surface area (Å²) in [6.45, 7) is 8.68. The van der Waals surface area contributed by atoms with Crippen LogP contribution >= 0.6 is 11.3 Å². The van der Waals surface area contributed by atoms with Crippen molar-refractivity contribution in [3.8, 4) is 0 Å². The fourth-order valence-corrected chi connectivity index (χ4v) is 3.48. The van der Waals surface area contributed by atoms with Gasteiger partial charge in [0.2, 0.25) is 0 Å². The molecule has 3 nitrogen and oxygen atoms in total. The molecule has 1 atom stereocenters. The van der Waals surface area contributed by atoms with Gasteiger partial charge in [-0.05, 0) is 38.3 Å². The van der Waals surface area contributed by atoms with Crippen molar-refractivity contribution in [2.45, 2.75) is 45.6 Å². The van der Waals surface area contributed by atoms with Gasteiger partial charge in [0.05, 0.1) is 10.7 Å². The van der Waals surface area contributed by atoms with Gasteiger partial charge in [-0.2, -0.15) is 0 Å². The summed E-state index contributed by atoms with van der Waals surface area (Å²) < 4.78 is 0. The van der Waals surface area contributed by atoms with Crippen LogP contribution in [0.25, 0.3) is 0 Å². The number of thiazole rings is 1. The van der Waals surface area contributed by atoms with Crippen LogP contribution in [0, 0.1) is 5.92 Å². The fourth-order valence-electron chi connectivity index (χ4n) is 2.66. The third-order valence-electron chi connectivity index (χ3n) is 3.63. The highest BCUT2D eigenvalue weighted by atomic mass is 32.1. The number of piperidine rings is 1. The van der Waals surface area contributed by atoms with Crippen LogP contribution in [-0.4, -0.2) is 29.5 Å². The molecule has 1 unspecified atom stereocenters. The molecule has 0 aliphatic carbocycles. The first-order chi connectivity index (χ1) is 8.69. The Balaban J connectivity index is 1.87. The maximum Gasteiger partial charge on any atom is 0.0954 e. The third kappa shape index (κ3) is 3.77. The Kier molecular flexibility index (Phi) is 5.15. The summed E-state index contributed by atoms with van der Waals surface area (Å²) in [5, 5.41) is 3.49. The minimum Gasteiger partial charge on any atom is -0.330 e. The van der Waals surface area contributed by atoms with Gasteiger partial charge >= 0.3 is 0 Å². The molecule has 2 rings (SSSR count). The van der Waals surface area contributed by atoms with Gasteiger partial charge in [0.25, 0.3) is 0 Å². The van der Waals surface area contributed by atoms with E-state index in [0.29, 0.717) is 5.92 Å². The van der Waals surface area contributed by atoms with Gasteiger partial charge in [0.15, 0.2) is 0 Å². The lowest BCUT2D eigenvalue weighted by atomic mass is 9.95. The average molecular weight is 267 g/mol. The predicted molar refractivity (Wildman–Crippen MR) is 77.9 cm³/mol. The van der Waals surface area contributed by atoms with Crippen molar-refractivity contribution in [1.82, 2.24) is 9.88 Å². The molecule has 0 bridgehead atoms. The molecule has 1 aromatic rings. The van der Waals surface area contributed by atoms with Crippen LogP contribution in [0.1, 0.15) is 49.7 Å². The lowest BCUT2D eigenvalue weighted by molar-refractivity contribution is 0.161. The Labute approximate surface area is 114 Å². The smallest absolute Gasteiger partial charge is 0.0954 e. The number of nitrogens with zero attached hydrogens (tertiary/aromatic N) is 2. The molecule has 1 aliphatic heterocycles. The maximum absolute atomic E-state index is 5.66. The number of hydrogen-bond donors (Lipinski definition) is 1. The van der Waals surface area contributed by atoms with E-state index >= 15 is 0 Å². The molecule has 1 aromatic heterocycles. The highest BCUT2D eigenvalue weighted by Gasteiger charge is 2.20. The summed E-state index contributed by atoms with van der Waals surface area (Å²) in [6.07, 6.45) is 3.83. The van der Waals surface area contributed by atoms with Gasteiger partial charge in [0.1, 0.15) is 0 Å². The van der Waals surface area contributed by atoms with Crippen molar-refractivity contribution in [2.75, 3.05) is 19.6 Å². The lowest BCUT2D eigenvalue weighted by Gasteiger charge is -2.32. The van der Waals surface area contributed by atoms with Crippen LogP contribution in [-0.2, 0) is 6.54 Å². The van der Waals surface area contributed by atoms with Gasteiger partial charge in [0, 0.05) is 24.4 Å². The van der Waals surface area contributed by atoms with E-state index in [1.54, 1.807) is 11.3 Å². The fraction of sp³-hybridized carbons (Fsp3) is 0.786. The molecule has 0 saturated carbocycles. The van der Waals surface area contributed by atoms with Crippen LogP contribution in [0.3, 0.4) is 0 Å². The van der Waals surface area contributed by atoms with Crippen LogP contribution in [0.5, 0.6) is 0 Å². The molecule has 0 amide bonds. The summed E-state index contributed by atoms with van der Waals surface area (Å²) in [7, 11) is 0. The molecule has 4 heteroatoms. The summed E-state index contributed by atoms with van der Waals surface area (Å²) in [6, 6.07) is 0. The molecule has 0 spiro atoms. The average Bonchev–Trinajstić information content (AvgIpc) is 2.78. The predicted octanol–water partition coefficient (Wildman–Crippen LogP) is 2.83. The molecule has 18 heavy (non-hydrogen) atoms. The third-order valence-corrected chi connectivity index (χ3v) is 4.82. The van der Waals surface area contributed by atoms with Crippen molar-refractivity contribution in [3.63, 3.8) is 0 Å². The number of rotatable bonds is 5. The standard InChI is InChI=1S/C14H25N3S/c1-11(2)14-16-13(10-18-14)9-17-7-3-4-12(8-17)5-6-15/h10-12H,3-9,15H2,1-2H3. The van der Waals surface area contributed by atoms with Gasteiger partial charge in [-0.1, -0.05) is 13.8 Å². The summed E-state index contributed by atoms with van der Waals surface area (Å²) in [4.78, 5) is 7.27. The number of aromatic nitrogens is 1. The van der Waals surface area contributed by atoms with Crippen molar-refractivity contribution in [3.05, 3.63) is 16.1 Å². The highest BCUT2D eigenvalue weighted by molar-refractivity contribution is 7.09. The normalized spacial score (nSPS) is 21.7. The van der Waals surface area contributed by atoms with E-state index in [1.165, 1.54) is 43.1 Å². The molecule has 2 heterocycles. The molecule has 1 fully saturated rings. The van der Waals surface area contributed by atoms with Crippen molar-refractivity contribution < 1.29 is 0 Å². The molecule has 0 radical (unpaired) electrons. The first kappa shape index (κ1) is 14.0. The Morgan fingerprint density at radius 1 is 1.56 bits per heavy atom. The largest absolute Gasteiger partial charge is 0.330 e. The Morgan fingerprint density at radius 3 is 3.06 bits per heavy atom. The quantitative estimate of drug-likeness (QED) is 0.892. The highest BCUT2D eigenvalue weighted by Crippen LogP contribution is 2.23. The molecule has 102 valence electrons. The molecular formula is C14H25N3S. The molecule has 1 aliphatic rings. The Hall–Kier alpha value is -0.450. The SMILES string of the molecule is CC(C)c1nc(CN2CCCC(CCN)C2)cs1. The van der Waals surface area contributed by atoms with Crippen LogP contribution in [0.4, 0.5) is 0 Å². The van der Waals surface area contributed by atoms with Crippen molar-refractivity contribution in [2.24, 2.45) is 11.7 Å². The van der Waals surface area contributed by atoms with E-state index in [4.69, 9.17) is 10.7 Å². The Morgan fingerprint density at radius 2 is 2.39 bits per heavy atom. The van der Waals surface area contributed by atoms with Crippen molar-refractivity contribution >= 4 is 11.3 Å². The number of nitrogens with two attached hydrogens (primary N) is 1. The van der Waals surface area contributed by atoms with Crippen molar-refractivity contribution in [1.29, 1.82) is 0 Å². The minimum absolute atomic E-state index is 0.551. The number of hydrogen-bond acceptors (Lipinski definition) is 4. The van der Waals surface area contributed by atoms with Crippen LogP contribution in [0.2, 0.25) is 0 Å². The van der Waals surface area contributed by atoms with Crippen LogP contribution in [0.15, 0.2) is 5.38 Å². The second-order valence-corrected chi connectivity index (χ2v) is 6.54. The first-order valence-electron chi connectivity index (χ1n) is 7.05. The lowest BCUT2D eigenvalue weighted by Crippen LogP contribution is -2.35. The second-order valence-electron chi connectivity index (χ2n) is 5.65. The summed E-state index contributed by atoms with van der Waals surface area (Å²) >= 11 is 1.80. The Bertz CT molecular complexity index is 360. The van der Waals surface area contributed by atoms with Crippen LogP contribution < -0.4 is 5.73 Å². The van der Waals surface area contributed by atoms with E-state index < -0.39 is 0 Å². The molecule has 1 saturated heterocycles. The maximum atomic E-state index is 5.66. The zero-order valence-electron chi connectivity index (χ0n) is 11.6. The van der Waals surface area contributed by atoms with Gasteiger partial charge < -0.3 is 5.73 Å². The first-order valence-corrected chi connectivity index (χ1v) is 7.93. The van der Waals surface area contributed by atoms with E-state index in [0.717, 1.165) is 19.0 Å². The van der Waals surface area contributed by atoms with E-state index in [1.807, 2.05) is 0 Å². The van der Waals surface area contributed by atoms with Gasteiger partial charge in [-0.3, -0.25) is 4.90 Å². The summed E-state index contributed by atoms with van der Waals surface area (Å²) in [5.74, 6) is 1.35. The van der Waals surface area contributed by atoms with E-state index in [9.17, 15) is 0 Å². The zero-order valence-corrected chi connectivity index (χ0v) is 12.4.